The Bertz CT molecular complexity index is 340. The second-order valence-corrected chi connectivity index (χ2v) is 5.85. The second kappa shape index (κ2) is 4.89. The molecule has 1 nitrogen and oxygen atoms in total. The molecule has 1 aliphatic carbocycles. The van der Waals surface area contributed by atoms with Crippen LogP contribution in [-0.2, 0) is 6.54 Å². The summed E-state index contributed by atoms with van der Waals surface area (Å²) in [5.41, 5.74) is 3.34. The molecular formula is C14H20BrN. The molecule has 0 radical (unpaired) electrons. The standard InChI is InChI=1S/C14H20BrN/c1-12-3-5-13(6-4-12)9-16(2)11-14(10-15)7-8-14/h3-6H,7-11H2,1-2H3. The summed E-state index contributed by atoms with van der Waals surface area (Å²) < 4.78 is 0. The van der Waals surface area contributed by atoms with E-state index in [1.54, 1.807) is 0 Å². The Labute approximate surface area is 107 Å². The Morgan fingerprint density at radius 3 is 2.38 bits per heavy atom. The molecule has 1 saturated carbocycles. The van der Waals surface area contributed by atoms with Crippen molar-refractivity contribution in [2.75, 3.05) is 18.9 Å². The molecule has 1 aromatic rings. The zero-order chi connectivity index (χ0) is 11.6. The lowest BCUT2D eigenvalue weighted by molar-refractivity contribution is 0.271. The Hall–Kier alpha value is -0.340. The van der Waals surface area contributed by atoms with Crippen molar-refractivity contribution in [2.24, 2.45) is 5.41 Å². The Kier molecular flexibility index (Phi) is 3.70. The molecule has 1 aromatic carbocycles. The molecule has 0 aromatic heterocycles. The number of halogens is 1. The minimum atomic E-state index is 0.583. The highest BCUT2D eigenvalue weighted by molar-refractivity contribution is 9.09. The molecule has 2 rings (SSSR count). The molecule has 88 valence electrons. The molecule has 0 aliphatic heterocycles. The van der Waals surface area contributed by atoms with Crippen LogP contribution in [0.2, 0.25) is 0 Å². The van der Waals surface area contributed by atoms with Crippen molar-refractivity contribution in [3.05, 3.63) is 35.4 Å². The molecule has 0 saturated heterocycles. The van der Waals surface area contributed by atoms with Gasteiger partial charge in [0.15, 0.2) is 0 Å². The van der Waals surface area contributed by atoms with Crippen LogP contribution in [0.5, 0.6) is 0 Å². The number of aryl methyl sites for hydroxylation is 1. The van der Waals surface area contributed by atoms with Crippen LogP contribution in [0.15, 0.2) is 24.3 Å². The summed E-state index contributed by atoms with van der Waals surface area (Å²) in [6.45, 7) is 4.42. The summed E-state index contributed by atoms with van der Waals surface area (Å²) in [5, 5.41) is 1.15. The average Bonchev–Trinajstić information content (AvgIpc) is 3.02. The van der Waals surface area contributed by atoms with Gasteiger partial charge in [0.1, 0.15) is 0 Å². The molecule has 1 fully saturated rings. The van der Waals surface area contributed by atoms with Gasteiger partial charge in [0, 0.05) is 18.4 Å². The predicted octanol–water partition coefficient (Wildman–Crippen LogP) is 3.60. The smallest absolute Gasteiger partial charge is 0.0230 e. The van der Waals surface area contributed by atoms with E-state index in [1.807, 2.05) is 0 Å². The van der Waals surface area contributed by atoms with Crippen molar-refractivity contribution < 1.29 is 0 Å². The quantitative estimate of drug-likeness (QED) is 0.746. The first kappa shape index (κ1) is 12.1. The predicted molar refractivity (Wildman–Crippen MR) is 73.0 cm³/mol. The van der Waals surface area contributed by atoms with Crippen LogP contribution in [0, 0.1) is 12.3 Å². The Morgan fingerprint density at radius 2 is 1.88 bits per heavy atom. The topological polar surface area (TPSA) is 3.24 Å². The molecule has 0 amide bonds. The molecule has 0 unspecified atom stereocenters. The molecule has 2 heteroatoms. The van der Waals surface area contributed by atoms with E-state index in [-0.39, 0.29) is 0 Å². The van der Waals surface area contributed by atoms with Gasteiger partial charge in [0.2, 0.25) is 0 Å². The van der Waals surface area contributed by atoms with Gasteiger partial charge in [-0.05, 0) is 37.8 Å². The first-order valence-electron chi connectivity index (χ1n) is 5.94. The molecule has 0 atom stereocenters. The molecular weight excluding hydrogens is 262 g/mol. The molecule has 1 aliphatic rings. The fourth-order valence-corrected chi connectivity index (χ4v) is 2.88. The van der Waals surface area contributed by atoms with Crippen LogP contribution in [0.1, 0.15) is 24.0 Å². The van der Waals surface area contributed by atoms with E-state index in [0.29, 0.717) is 5.41 Å². The van der Waals surface area contributed by atoms with Crippen molar-refractivity contribution in [2.45, 2.75) is 26.3 Å². The number of benzene rings is 1. The first-order valence-corrected chi connectivity index (χ1v) is 7.06. The number of hydrogen-bond donors (Lipinski definition) is 0. The normalized spacial score (nSPS) is 17.8. The summed E-state index contributed by atoms with van der Waals surface area (Å²) in [6, 6.07) is 8.86. The highest BCUT2D eigenvalue weighted by atomic mass is 79.9. The lowest BCUT2D eigenvalue weighted by Crippen LogP contribution is -2.27. The molecule has 16 heavy (non-hydrogen) atoms. The number of alkyl halides is 1. The van der Waals surface area contributed by atoms with Gasteiger partial charge in [0.05, 0.1) is 0 Å². The van der Waals surface area contributed by atoms with E-state index in [0.717, 1.165) is 11.9 Å². The van der Waals surface area contributed by atoms with Crippen molar-refractivity contribution in [3.8, 4) is 0 Å². The summed E-state index contributed by atoms with van der Waals surface area (Å²) >= 11 is 3.63. The van der Waals surface area contributed by atoms with Gasteiger partial charge in [-0.3, -0.25) is 0 Å². The molecule has 0 heterocycles. The largest absolute Gasteiger partial charge is 0.302 e. The van der Waals surface area contributed by atoms with Gasteiger partial charge < -0.3 is 4.90 Å². The van der Waals surface area contributed by atoms with E-state index in [2.05, 4.69) is 59.1 Å². The number of nitrogens with zero attached hydrogens (tertiary/aromatic N) is 1. The number of hydrogen-bond acceptors (Lipinski definition) is 1. The van der Waals surface area contributed by atoms with Crippen LogP contribution in [0.25, 0.3) is 0 Å². The van der Waals surface area contributed by atoms with Crippen LogP contribution < -0.4 is 0 Å². The second-order valence-electron chi connectivity index (χ2n) is 5.29. The van der Waals surface area contributed by atoms with Gasteiger partial charge in [-0.1, -0.05) is 45.8 Å². The molecule has 0 bridgehead atoms. The maximum Gasteiger partial charge on any atom is 0.0230 e. The minimum Gasteiger partial charge on any atom is -0.302 e. The van der Waals surface area contributed by atoms with E-state index >= 15 is 0 Å². The van der Waals surface area contributed by atoms with Crippen molar-refractivity contribution in [1.29, 1.82) is 0 Å². The van der Waals surface area contributed by atoms with Crippen LogP contribution >= 0.6 is 15.9 Å². The summed E-state index contributed by atoms with van der Waals surface area (Å²) in [5.74, 6) is 0. The van der Waals surface area contributed by atoms with Gasteiger partial charge in [-0.25, -0.2) is 0 Å². The maximum atomic E-state index is 3.63. The average molecular weight is 282 g/mol. The SMILES string of the molecule is Cc1ccc(CN(C)CC2(CBr)CC2)cc1. The third-order valence-corrected chi connectivity index (χ3v) is 4.61. The van der Waals surface area contributed by atoms with Crippen molar-refractivity contribution in [3.63, 3.8) is 0 Å². The summed E-state index contributed by atoms with van der Waals surface area (Å²) in [6.07, 6.45) is 2.77. The van der Waals surface area contributed by atoms with Gasteiger partial charge >= 0.3 is 0 Å². The zero-order valence-corrected chi connectivity index (χ0v) is 11.8. The fraction of sp³-hybridized carbons (Fsp3) is 0.571. The third kappa shape index (κ3) is 3.08. The van der Waals surface area contributed by atoms with Crippen LogP contribution in [0.4, 0.5) is 0 Å². The summed E-state index contributed by atoms with van der Waals surface area (Å²) in [7, 11) is 2.22. The number of rotatable bonds is 5. The zero-order valence-electron chi connectivity index (χ0n) is 10.2. The highest BCUT2D eigenvalue weighted by Crippen LogP contribution is 2.47. The van der Waals surface area contributed by atoms with Crippen LogP contribution in [0.3, 0.4) is 0 Å². The third-order valence-electron chi connectivity index (χ3n) is 3.42. The Balaban J connectivity index is 1.87. The molecule has 0 N–H and O–H groups in total. The lowest BCUT2D eigenvalue weighted by Gasteiger charge is -2.22. The maximum absolute atomic E-state index is 3.63. The van der Waals surface area contributed by atoms with E-state index < -0.39 is 0 Å². The van der Waals surface area contributed by atoms with E-state index in [1.165, 1.54) is 30.5 Å². The van der Waals surface area contributed by atoms with E-state index in [9.17, 15) is 0 Å². The fourth-order valence-electron chi connectivity index (χ4n) is 2.14. The van der Waals surface area contributed by atoms with Crippen molar-refractivity contribution >= 4 is 15.9 Å². The van der Waals surface area contributed by atoms with Crippen LogP contribution in [-0.4, -0.2) is 23.8 Å². The lowest BCUT2D eigenvalue weighted by atomic mass is 10.1. The minimum absolute atomic E-state index is 0.583. The first-order chi connectivity index (χ1) is 7.63. The Morgan fingerprint density at radius 1 is 1.25 bits per heavy atom. The monoisotopic (exact) mass is 281 g/mol. The summed E-state index contributed by atoms with van der Waals surface area (Å²) in [4.78, 5) is 2.44. The van der Waals surface area contributed by atoms with Gasteiger partial charge in [-0.15, -0.1) is 0 Å². The van der Waals surface area contributed by atoms with E-state index in [4.69, 9.17) is 0 Å². The molecule has 0 spiro atoms. The van der Waals surface area contributed by atoms with Gasteiger partial charge in [0.25, 0.3) is 0 Å². The van der Waals surface area contributed by atoms with Gasteiger partial charge in [-0.2, -0.15) is 0 Å². The highest BCUT2D eigenvalue weighted by Gasteiger charge is 2.41. The van der Waals surface area contributed by atoms with Crippen molar-refractivity contribution in [1.82, 2.24) is 4.90 Å².